The molecule has 0 aliphatic carbocycles. The first-order valence-corrected chi connectivity index (χ1v) is 5.39. The molecule has 0 atom stereocenters. The molecule has 1 aliphatic heterocycles. The van der Waals surface area contributed by atoms with Gasteiger partial charge in [0, 0.05) is 0 Å². The highest BCUT2D eigenvalue weighted by atomic mass is 15.2. The van der Waals surface area contributed by atoms with Crippen LogP contribution in [0.3, 0.4) is 0 Å². The topological polar surface area (TPSA) is 15.0 Å². The van der Waals surface area contributed by atoms with E-state index in [9.17, 15) is 0 Å². The molecule has 1 heterocycles. The molecular formula is C13H17N2+. The van der Waals surface area contributed by atoms with Crippen LogP contribution >= 0.6 is 0 Å². The van der Waals surface area contributed by atoms with Crippen LogP contribution in [0.2, 0.25) is 0 Å². The summed E-state index contributed by atoms with van der Waals surface area (Å²) in [5.41, 5.74) is 1.36. The van der Waals surface area contributed by atoms with Gasteiger partial charge in [-0.3, -0.25) is 9.89 Å². The SMILES string of the molecule is C=CCC1=[N+](Cc2ccccc2)CCN1. The number of nitrogens with zero attached hydrogens (tertiary/aromatic N) is 1. The fourth-order valence-electron chi connectivity index (χ4n) is 1.90. The minimum Gasteiger partial charge on any atom is -0.274 e. The molecule has 15 heavy (non-hydrogen) atoms. The molecule has 0 bridgehead atoms. The molecule has 0 saturated heterocycles. The third-order valence-corrected chi connectivity index (χ3v) is 2.65. The van der Waals surface area contributed by atoms with E-state index in [1.165, 1.54) is 11.4 Å². The van der Waals surface area contributed by atoms with Crippen molar-refractivity contribution in [1.82, 2.24) is 5.32 Å². The van der Waals surface area contributed by atoms with Gasteiger partial charge in [0.15, 0.2) is 0 Å². The maximum atomic E-state index is 3.78. The molecule has 0 unspecified atom stereocenters. The zero-order chi connectivity index (χ0) is 10.5. The predicted molar refractivity (Wildman–Crippen MR) is 63.1 cm³/mol. The zero-order valence-electron chi connectivity index (χ0n) is 8.95. The van der Waals surface area contributed by atoms with Crippen LogP contribution in [0.25, 0.3) is 0 Å². The second-order valence-corrected chi connectivity index (χ2v) is 3.77. The van der Waals surface area contributed by atoms with Crippen LogP contribution in [0.15, 0.2) is 43.0 Å². The lowest BCUT2D eigenvalue weighted by Gasteiger charge is -2.02. The Bertz CT molecular complexity index is 365. The van der Waals surface area contributed by atoms with Gasteiger partial charge in [-0.15, -0.1) is 6.58 Å². The molecule has 0 amide bonds. The summed E-state index contributed by atoms with van der Waals surface area (Å²) in [4.78, 5) is 0. The van der Waals surface area contributed by atoms with E-state index < -0.39 is 0 Å². The summed E-state index contributed by atoms with van der Waals surface area (Å²) in [7, 11) is 0. The summed E-state index contributed by atoms with van der Waals surface area (Å²) < 4.78 is 2.39. The minimum absolute atomic E-state index is 0.937. The number of rotatable bonds is 4. The van der Waals surface area contributed by atoms with Crippen molar-refractivity contribution in [3.8, 4) is 0 Å². The fourth-order valence-corrected chi connectivity index (χ4v) is 1.90. The van der Waals surface area contributed by atoms with E-state index in [4.69, 9.17) is 0 Å². The van der Waals surface area contributed by atoms with Gasteiger partial charge in [-0.2, -0.15) is 0 Å². The predicted octanol–water partition coefficient (Wildman–Crippen LogP) is 1.78. The van der Waals surface area contributed by atoms with Gasteiger partial charge in [0.25, 0.3) is 0 Å². The highest BCUT2D eigenvalue weighted by Gasteiger charge is 2.18. The summed E-state index contributed by atoms with van der Waals surface area (Å²) >= 11 is 0. The van der Waals surface area contributed by atoms with Crippen LogP contribution in [0.5, 0.6) is 0 Å². The molecule has 0 spiro atoms. The average molecular weight is 201 g/mol. The van der Waals surface area contributed by atoms with Crippen LogP contribution in [0.4, 0.5) is 0 Å². The second kappa shape index (κ2) is 4.78. The van der Waals surface area contributed by atoms with Crippen molar-refractivity contribution >= 4 is 5.84 Å². The Morgan fingerprint density at radius 2 is 2.13 bits per heavy atom. The van der Waals surface area contributed by atoms with E-state index in [1.807, 2.05) is 6.08 Å². The Morgan fingerprint density at radius 1 is 1.33 bits per heavy atom. The maximum Gasteiger partial charge on any atom is 0.249 e. The van der Waals surface area contributed by atoms with E-state index in [1.54, 1.807) is 0 Å². The van der Waals surface area contributed by atoms with Crippen molar-refractivity contribution in [3.63, 3.8) is 0 Å². The van der Waals surface area contributed by atoms with Gasteiger partial charge in [0.2, 0.25) is 5.84 Å². The summed E-state index contributed by atoms with van der Waals surface area (Å²) in [6.07, 6.45) is 2.89. The van der Waals surface area contributed by atoms with E-state index >= 15 is 0 Å². The van der Waals surface area contributed by atoms with Gasteiger partial charge in [-0.1, -0.05) is 36.4 Å². The van der Waals surface area contributed by atoms with Gasteiger partial charge in [-0.05, 0) is 5.56 Å². The van der Waals surface area contributed by atoms with Gasteiger partial charge in [-0.25, -0.2) is 0 Å². The van der Waals surface area contributed by atoms with E-state index in [-0.39, 0.29) is 0 Å². The molecule has 1 aromatic carbocycles. The van der Waals surface area contributed by atoms with Crippen molar-refractivity contribution < 1.29 is 4.58 Å². The first-order chi connectivity index (χ1) is 7.40. The molecule has 1 N–H and O–H groups in total. The number of nitrogens with one attached hydrogen (secondary N) is 1. The molecule has 2 heteroatoms. The highest BCUT2D eigenvalue weighted by Crippen LogP contribution is 2.03. The lowest BCUT2D eigenvalue weighted by atomic mass is 10.2. The Kier molecular flexibility index (Phi) is 3.18. The third kappa shape index (κ3) is 2.46. The molecule has 1 aliphatic rings. The largest absolute Gasteiger partial charge is 0.274 e. The van der Waals surface area contributed by atoms with Gasteiger partial charge >= 0.3 is 0 Å². The summed E-state index contributed by atoms with van der Waals surface area (Å²) in [5.74, 6) is 1.30. The molecule has 0 radical (unpaired) electrons. The molecule has 0 aromatic heterocycles. The molecule has 2 nitrogen and oxygen atoms in total. The molecule has 78 valence electrons. The summed E-state index contributed by atoms with van der Waals surface area (Å²) in [5, 5.41) is 3.40. The first kappa shape index (κ1) is 9.97. The van der Waals surface area contributed by atoms with E-state index in [0.29, 0.717) is 0 Å². The summed E-state index contributed by atoms with van der Waals surface area (Å²) in [6.45, 7) is 6.92. The van der Waals surface area contributed by atoms with Crippen LogP contribution in [-0.2, 0) is 6.54 Å². The third-order valence-electron chi connectivity index (χ3n) is 2.65. The van der Waals surface area contributed by atoms with Gasteiger partial charge in [0.05, 0.1) is 6.42 Å². The molecular weight excluding hydrogens is 184 g/mol. The molecule has 2 rings (SSSR count). The number of hydrogen-bond acceptors (Lipinski definition) is 1. The Morgan fingerprint density at radius 3 is 2.87 bits per heavy atom. The normalized spacial score (nSPS) is 15.2. The standard InChI is InChI=1S/C13H16N2/c1-2-6-13-14-9-10-15(13)11-12-7-4-3-5-8-12/h2-5,7-8H,1,6,9-11H2/p+1. The molecule has 1 aromatic rings. The Labute approximate surface area is 90.9 Å². The number of benzene rings is 1. The maximum absolute atomic E-state index is 3.78. The summed E-state index contributed by atoms with van der Waals surface area (Å²) in [6, 6.07) is 10.6. The van der Waals surface area contributed by atoms with Gasteiger partial charge < -0.3 is 0 Å². The quantitative estimate of drug-likeness (QED) is 0.579. The van der Waals surface area contributed by atoms with Crippen molar-refractivity contribution in [2.45, 2.75) is 13.0 Å². The van der Waals surface area contributed by atoms with Crippen molar-refractivity contribution in [2.24, 2.45) is 0 Å². The molecule has 0 fully saturated rings. The second-order valence-electron chi connectivity index (χ2n) is 3.77. The average Bonchev–Trinajstić information content (AvgIpc) is 2.68. The lowest BCUT2D eigenvalue weighted by Crippen LogP contribution is -2.21. The minimum atomic E-state index is 0.937. The monoisotopic (exact) mass is 201 g/mol. The van der Waals surface area contributed by atoms with E-state index in [2.05, 4.69) is 46.8 Å². The smallest absolute Gasteiger partial charge is 0.249 e. The van der Waals surface area contributed by atoms with E-state index in [0.717, 1.165) is 26.1 Å². The zero-order valence-corrected chi connectivity index (χ0v) is 8.95. The Hall–Kier alpha value is -1.57. The van der Waals surface area contributed by atoms with Crippen LogP contribution < -0.4 is 5.32 Å². The highest BCUT2D eigenvalue weighted by molar-refractivity contribution is 5.79. The van der Waals surface area contributed by atoms with Crippen LogP contribution in [0.1, 0.15) is 12.0 Å². The number of amidine groups is 1. The van der Waals surface area contributed by atoms with Crippen molar-refractivity contribution in [1.29, 1.82) is 0 Å². The lowest BCUT2D eigenvalue weighted by molar-refractivity contribution is -0.535. The van der Waals surface area contributed by atoms with Crippen LogP contribution in [-0.4, -0.2) is 23.5 Å². The Balaban J connectivity index is 2.10. The molecule has 0 saturated carbocycles. The van der Waals surface area contributed by atoms with Crippen molar-refractivity contribution in [2.75, 3.05) is 13.1 Å². The number of hydrogen-bond donors (Lipinski definition) is 1. The van der Waals surface area contributed by atoms with Crippen LogP contribution in [0, 0.1) is 0 Å². The fraction of sp³-hybridized carbons (Fsp3) is 0.308. The van der Waals surface area contributed by atoms with Gasteiger partial charge in [0.1, 0.15) is 19.6 Å². The first-order valence-electron chi connectivity index (χ1n) is 5.39. The van der Waals surface area contributed by atoms with Crippen molar-refractivity contribution in [3.05, 3.63) is 48.6 Å².